The molecule has 0 saturated carbocycles. The average Bonchev–Trinajstić information content (AvgIpc) is 3.19. The summed E-state index contributed by atoms with van der Waals surface area (Å²) in [4.78, 5) is 28.6. The molecule has 0 aliphatic carbocycles. The van der Waals surface area contributed by atoms with Gasteiger partial charge in [-0.25, -0.2) is 4.98 Å². The van der Waals surface area contributed by atoms with Crippen LogP contribution in [0.4, 0.5) is 5.13 Å². The van der Waals surface area contributed by atoms with Crippen molar-refractivity contribution in [3.8, 4) is 5.75 Å². The number of amides is 2. The highest BCUT2D eigenvalue weighted by molar-refractivity contribution is 7.14. The minimum absolute atomic E-state index is 0.0429. The van der Waals surface area contributed by atoms with E-state index in [1.54, 1.807) is 19.2 Å². The van der Waals surface area contributed by atoms with Gasteiger partial charge in [0.25, 0.3) is 5.91 Å². The van der Waals surface area contributed by atoms with Crippen LogP contribution in [0.5, 0.6) is 5.75 Å². The first-order chi connectivity index (χ1) is 13.6. The molecule has 0 atom stereocenters. The highest BCUT2D eigenvalue weighted by Crippen LogP contribution is 2.17. The van der Waals surface area contributed by atoms with Crippen molar-refractivity contribution in [2.24, 2.45) is 0 Å². The summed E-state index contributed by atoms with van der Waals surface area (Å²) in [5.41, 5.74) is 2.37. The van der Waals surface area contributed by atoms with Gasteiger partial charge in [0.15, 0.2) is 5.13 Å². The Hall–Kier alpha value is -3.19. The topological polar surface area (TPSA) is 80.3 Å². The van der Waals surface area contributed by atoms with Gasteiger partial charge in [-0.15, -0.1) is 11.3 Å². The van der Waals surface area contributed by atoms with E-state index in [2.05, 4.69) is 15.6 Å². The third kappa shape index (κ3) is 5.65. The zero-order chi connectivity index (χ0) is 19.8. The summed E-state index contributed by atoms with van der Waals surface area (Å²) in [7, 11) is 1.62. The van der Waals surface area contributed by atoms with Crippen LogP contribution in [0, 0.1) is 0 Å². The zero-order valence-corrected chi connectivity index (χ0v) is 16.3. The van der Waals surface area contributed by atoms with Crippen molar-refractivity contribution >= 4 is 28.3 Å². The molecule has 0 aliphatic rings. The molecule has 0 aliphatic heterocycles. The minimum atomic E-state index is -0.196. The number of hydrogen-bond acceptors (Lipinski definition) is 5. The van der Waals surface area contributed by atoms with E-state index >= 15 is 0 Å². The normalized spacial score (nSPS) is 10.3. The summed E-state index contributed by atoms with van der Waals surface area (Å²) in [5.74, 6) is 0.547. The Balaban J connectivity index is 1.43. The van der Waals surface area contributed by atoms with Crippen molar-refractivity contribution < 1.29 is 14.3 Å². The summed E-state index contributed by atoms with van der Waals surface area (Å²) in [5, 5.41) is 8.06. The largest absolute Gasteiger partial charge is 0.497 e. The van der Waals surface area contributed by atoms with E-state index in [1.807, 2.05) is 47.8 Å². The maximum absolute atomic E-state index is 12.1. The molecule has 144 valence electrons. The SMILES string of the molecule is COc1ccc(CNC(=O)CCc2csc(NC(=O)c3ccccc3)n2)cc1. The van der Waals surface area contributed by atoms with E-state index in [-0.39, 0.29) is 11.8 Å². The van der Waals surface area contributed by atoms with Crippen molar-refractivity contribution in [3.05, 3.63) is 76.8 Å². The number of carbonyl (C=O) groups excluding carboxylic acids is 2. The number of ether oxygens (including phenoxy) is 1. The number of anilines is 1. The first-order valence-corrected chi connectivity index (χ1v) is 9.72. The fourth-order valence-electron chi connectivity index (χ4n) is 2.51. The molecule has 2 N–H and O–H groups in total. The third-order valence-corrected chi connectivity index (χ3v) is 4.87. The van der Waals surface area contributed by atoms with Crippen LogP contribution in [0.1, 0.15) is 28.0 Å². The van der Waals surface area contributed by atoms with E-state index in [4.69, 9.17) is 4.74 Å². The molecule has 1 aromatic heterocycles. The van der Waals surface area contributed by atoms with Crippen LogP contribution in [0.2, 0.25) is 0 Å². The van der Waals surface area contributed by atoms with Gasteiger partial charge in [-0.3, -0.25) is 14.9 Å². The summed E-state index contributed by atoms with van der Waals surface area (Å²) in [6.07, 6.45) is 0.859. The Morgan fingerprint density at radius 2 is 1.82 bits per heavy atom. The lowest BCUT2D eigenvalue weighted by Gasteiger charge is -2.06. The molecular weight excluding hydrogens is 374 g/mol. The van der Waals surface area contributed by atoms with Crippen LogP contribution in [0.15, 0.2) is 60.0 Å². The fraction of sp³-hybridized carbons (Fsp3) is 0.190. The van der Waals surface area contributed by atoms with Crippen LogP contribution in [0.3, 0.4) is 0 Å². The minimum Gasteiger partial charge on any atom is -0.497 e. The van der Waals surface area contributed by atoms with Crippen LogP contribution in [0.25, 0.3) is 0 Å². The molecule has 3 rings (SSSR count). The first kappa shape index (κ1) is 19.6. The highest BCUT2D eigenvalue weighted by Gasteiger charge is 2.10. The van der Waals surface area contributed by atoms with Crippen LogP contribution < -0.4 is 15.4 Å². The molecule has 0 radical (unpaired) electrons. The molecule has 2 aromatic carbocycles. The second kappa shape index (κ2) is 9.66. The quantitative estimate of drug-likeness (QED) is 0.610. The number of nitrogens with one attached hydrogen (secondary N) is 2. The number of nitrogens with zero attached hydrogens (tertiary/aromatic N) is 1. The Morgan fingerprint density at radius 1 is 1.07 bits per heavy atom. The number of carbonyl (C=O) groups is 2. The maximum Gasteiger partial charge on any atom is 0.257 e. The molecule has 3 aromatic rings. The third-order valence-electron chi connectivity index (χ3n) is 4.07. The van der Waals surface area contributed by atoms with Gasteiger partial charge >= 0.3 is 0 Å². The Bertz CT molecular complexity index is 924. The van der Waals surface area contributed by atoms with Gasteiger partial charge in [-0.05, 0) is 36.2 Å². The van der Waals surface area contributed by atoms with Crippen LogP contribution in [-0.4, -0.2) is 23.9 Å². The number of benzene rings is 2. The number of hydrogen-bond donors (Lipinski definition) is 2. The summed E-state index contributed by atoms with van der Waals surface area (Å²) >= 11 is 1.35. The Labute approximate surface area is 167 Å². The van der Waals surface area contributed by atoms with Gasteiger partial charge in [-0.1, -0.05) is 30.3 Å². The molecule has 6 nitrogen and oxygen atoms in total. The molecule has 7 heteroatoms. The van der Waals surface area contributed by atoms with Crippen molar-refractivity contribution in [3.63, 3.8) is 0 Å². The lowest BCUT2D eigenvalue weighted by atomic mass is 10.2. The number of rotatable bonds is 8. The molecule has 0 spiro atoms. The molecular formula is C21H21N3O3S. The van der Waals surface area contributed by atoms with Crippen molar-refractivity contribution in [2.75, 3.05) is 12.4 Å². The van der Waals surface area contributed by atoms with Crippen molar-refractivity contribution in [1.82, 2.24) is 10.3 Å². The standard InChI is InChI=1S/C21H21N3O3S/c1-27-18-10-7-15(8-11-18)13-22-19(25)12-9-17-14-28-21(23-17)24-20(26)16-5-3-2-4-6-16/h2-8,10-11,14H,9,12-13H2,1H3,(H,22,25)(H,23,24,26). The Morgan fingerprint density at radius 3 is 2.54 bits per heavy atom. The Kier molecular flexibility index (Phi) is 6.75. The van der Waals surface area contributed by atoms with Gasteiger partial charge in [0.05, 0.1) is 12.8 Å². The lowest BCUT2D eigenvalue weighted by molar-refractivity contribution is -0.121. The molecule has 0 fully saturated rings. The van der Waals surface area contributed by atoms with Crippen LogP contribution in [-0.2, 0) is 17.8 Å². The maximum atomic E-state index is 12.1. The van der Waals surface area contributed by atoms with Gasteiger partial charge in [0.2, 0.25) is 5.91 Å². The molecule has 28 heavy (non-hydrogen) atoms. The monoisotopic (exact) mass is 395 g/mol. The van der Waals surface area contributed by atoms with Crippen molar-refractivity contribution in [2.45, 2.75) is 19.4 Å². The average molecular weight is 395 g/mol. The summed E-state index contributed by atoms with van der Waals surface area (Å²) in [6, 6.07) is 16.5. The number of aromatic nitrogens is 1. The number of aryl methyl sites for hydroxylation is 1. The zero-order valence-electron chi connectivity index (χ0n) is 15.5. The van der Waals surface area contributed by atoms with Gasteiger partial charge in [0, 0.05) is 23.9 Å². The predicted molar refractivity (Wildman–Crippen MR) is 110 cm³/mol. The second-order valence-electron chi connectivity index (χ2n) is 6.09. The first-order valence-electron chi connectivity index (χ1n) is 8.84. The van der Waals surface area contributed by atoms with Gasteiger partial charge in [-0.2, -0.15) is 0 Å². The van der Waals surface area contributed by atoms with Gasteiger partial charge < -0.3 is 10.1 Å². The van der Waals surface area contributed by atoms with E-state index in [0.717, 1.165) is 17.0 Å². The highest BCUT2D eigenvalue weighted by atomic mass is 32.1. The van der Waals surface area contributed by atoms with E-state index in [9.17, 15) is 9.59 Å². The fourth-order valence-corrected chi connectivity index (χ4v) is 3.25. The van der Waals surface area contributed by atoms with E-state index in [0.29, 0.717) is 30.1 Å². The smallest absolute Gasteiger partial charge is 0.257 e. The molecule has 0 saturated heterocycles. The van der Waals surface area contributed by atoms with E-state index < -0.39 is 0 Å². The van der Waals surface area contributed by atoms with Gasteiger partial charge in [0.1, 0.15) is 5.75 Å². The second-order valence-corrected chi connectivity index (χ2v) is 6.95. The summed E-state index contributed by atoms with van der Waals surface area (Å²) < 4.78 is 5.11. The number of thiazole rings is 1. The number of methoxy groups -OCH3 is 1. The molecule has 0 bridgehead atoms. The molecule has 2 amide bonds. The van der Waals surface area contributed by atoms with E-state index in [1.165, 1.54) is 11.3 Å². The summed E-state index contributed by atoms with van der Waals surface area (Å²) in [6.45, 7) is 0.471. The molecule has 1 heterocycles. The predicted octanol–water partition coefficient (Wildman–Crippen LogP) is 3.65. The lowest BCUT2D eigenvalue weighted by Crippen LogP contribution is -2.23. The van der Waals surface area contributed by atoms with Crippen LogP contribution >= 0.6 is 11.3 Å². The van der Waals surface area contributed by atoms with Crippen molar-refractivity contribution in [1.29, 1.82) is 0 Å². The molecule has 0 unspecified atom stereocenters.